The molecule has 1 aromatic heterocycles. The number of nitrogens with one attached hydrogen (secondary N) is 1. The zero-order chi connectivity index (χ0) is 19.3. The first-order valence-electron chi connectivity index (χ1n) is 9.55. The summed E-state index contributed by atoms with van der Waals surface area (Å²) < 4.78 is 2.95. The fraction of sp³-hybridized carbons (Fsp3) is 0.550. The van der Waals surface area contributed by atoms with Gasteiger partial charge in [0.05, 0.1) is 6.54 Å². The number of aliphatic imine (C=N–C) groups is 1. The molecule has 0 aliphatic heterocycles. The van der Waals surface area contributed by atoms with Crippen LogP contribution in [0, 0.1) is 0 Å². The standard InChI is InChI=1S/C20H29BrN6/c1-22-19(26(2)13-18-24-15-25-27(18)3)23-14-20(10-5-4-6-11-20)16-8-7-9-17(21)12-16/h7-9,12,15H,4-6,10-11,13-14H2,1-3H3,(H,22,23). The maximum Gasteiger partial charge on any atom is 0.193 e. The first kappa shape index (κ1) is 19.9. The Morgan fingerprint density at radius 3 is 2.74 bits per heavy atom. The molecular weight excluding hydrogens is 404 g/mol. The number of aromatic nitrogens is 3. The van der Waals surface area contributed by atoms with Crippen molar-refractivity contribution in [3.8, 4) is 0 Å². The zero-order valence-electron chi connectivity index (χ0n) is 16.5. The van der Waals surface area contributed by atoms with Gasteiger partial charge in [0, 0.05) is 37.6 Å². The van der Waals surface area contributed by atoms with Crippen LogP contribution in [0.1, 0.15) is 43.5 Å². The predicted octanol–water partition coefficient (Wildman–Crippen LogP) is 3.49. The number of hydrogen-bond donors (Lipinski definition) is 1. The van der Waals surface area contributed by atoms with E-state index in [1.807, 2.05) is 21.1 Å². The van der Waals surface area contributed by atoms with Gasteiger partial charge in [0.2, 0.25) is 0 Å². The summed E-state index contributed by atoms with van der Waals surface area (Å²) in [4.78, 5) is 10.9. The highest BCUT2D eigenvalue weighted by Crippen LogP contribution is 2.39. The summed E-state index contributed by atoms with van der Waals surface area (Å²) in [6.45, 7) is 1.55. The van der Waals surface area contributed by atoms with Crippen molar-refractivity contribution in [1.29, 1.82) is 0 Å². The first-order chi connectivity index (χ1) is 13.0. The molecule has 1 saturated carbocycles. The number of halogens is 1. The van der Waals surface area contributed by atoms with Gasteiger partial charge in [0.15, 0.2) is 5.96 Å². The van der Waals surface area contributed by atoms with Crippen LogP contribution in [0.2, 0.25) is 0 Å². The molecule has 0 unspecified atom stereocenters. The summed E-state index contributed by atoms with van der Waals surface area (Å²) in [6.07, 6.45) is 7.89. The fourth-order valence-corrected chi connectivity index (χ4v) is 4.40. The van der Waals surface area contributed by atoms with Gasteiger partial charge in [0.1, 0.15) is 12.2 Å². The van der Waals surface area contributed by atoms with Gasteiger partial charge in [-0.1, -0.05) is 47.3 Å². The van der Waals surface area contributed by atoms with E-state index >= 15 is 0 Å². The van der Waals surface area contributed by atoms with Crippen molar-refractivity contribution in [2.24, 2.45) is 12.0 Å². The van der Waals surface area contributed by atoms with E-state index in [0.29, 0.717) is 6.54 Å². The lowest BCUT2D eigenvalue weighted by Crippen LogP contribution is -2.47. The second-order valence-corrected chi connectivity index (χ2v) is 8.32. The third-order valence-corrected chi connectivity index (χ3v) is 6.08. The van der Waals surface area contributed by atoms with Crippen LogP contribution >= 0.6 is 15.9 Å². The topological polar surface area (TPSA) is 58.3 Å². The Bertz CT molecular complexity index is 778. The van der Waals surface area contributed by atoms with Crippen LogP contribution in [-0.4, -0.2) is 46.3 Å². The molecule has 6 nitrogen and oxygen atoms in total. The smallest absolute Gasteiger partial charge is 0.193 e. The van der Waals surface area contributed by atoms with E-state index in [-0.39, 0.29) is 5.41 Å². The number of guanidine groups is 1. The first-order valence-corrected chi connectivity index (χ1v) is 10.3. The molecule has 0 saturated heterocycles. The Kier molecular flexibility index (Phi) is 6.52. The molecule has 0 radical (unpaired) electrons. The van der Waals surface area contributed by atoms with Crippen molar-refractivity contribution in [2.75, 3.05) is 20.6 Å². The zero-order valence-corrected chi connectivity index (χ0v) is 18.0. The van der Waals surface area contributed by atoms with Gasteiger partial charge in [-0.15, -0.1) is 0 Å². The van der Waals surface area contributed by atoms with E-state index in [1.165, 1.54) is 37.7 Å². The number of rotatable bonds is 5. The molecule has 1 N–H and O–H groups in total. The average molecular weight is 433 g/mol. The van der Waals surface area contributed by atoms with Crippen LogP contribution in [-0.2, 0) is 19.0 Å². The van der Waals surface area contributed by atoms with Crippen molar-refractivity contribution in [3.05, 3.63) is 46.5 Å². The minimum Gasteiger partial charge on any atom is -0.355 e. The van der Waals surface area contributed by atoms with Gasteiger partial charge < -0.3 is 10.2 Å². The van der Waals surface area contributed by atoms with Crippen LogP contribution in [0.25, 0.3) is 0 Å². The molecule has 1 heterocycles. The minimum absolute atomic E-state index is 0.156. The quantitative estimate of drug-likeness (QED) is 0.580. The van der Waals surface area contributed by atoms with E-state index < -0.39 is 0 Å². The molecule has 0 bridgehead atoms. The molecule has 27 heavy (non-hydrogen) atoms. The predicted molar refractivity (Wildman–Crippen MR) is 113 cm³/mol. The summed E-state index contributed by atoms with van der Waals surface area (Å²) in [6, 6.07) is 8.79. The molecule has 2 aromatic rings. The lowest BCUT2D eigenvalue weighted by Gasteiger charge is -2.39. The highest BCUT2D eigenvalue weighted by atomic mass is 79.9. The molecule has 1 aromatic carbocycles. The molecule has 1 aliphatic carbocycles. The van der Waals surface area contributed by atoms with E-state index in [0.717, 1.165) is 22.8 Å². The van der Waals surface area contributed by atoms with Gasteiger partial charge in [-0.2, -0.15) is 5.10 Å². The molecular formula is C20H29BrN6. The van der Waals surface area contributed by atoms with Crippen LogP contribution in [0.3, 0.4) is 0 Å². The lowest BCUT2D eigenvalue weighted by atomic mass is 9.69. The van der Waals surface area contributed by atoms with Crippen LogP contribution in [0.5, 0.6) is 0 Å². The summed E-state index contributed by atoms with van der Waals surface area (Å²) in [5.41, 5.74) is 1.57. The van der Waals surface area contributed by atoms with Crippen LogP contribution in [0.4, 0.5) is 0 Å². The third-order valence-electron chi connectivity index (χ3n) is 5.59. The van der Waals surface area contributed by atoms with Crippen LogP contribution in [0.15, 0.2) is 40.1 Å². The number of benzene rings is 1. The average Bonchev–Trinajstić information content (AvgIpc) is 3.07. The molecule has 1 aliphatic rings. The second kappa shape index (κ2) is 8.87. The summed E-state index contributed by atoms with van der Waals surface area (Å²) in [5, 5.41) is 7.78. The number of nitrogens with zero attached hydrogens (tertiary/aromatic N) is 5. The van der Waals surface area contributed by atoms with Crippen molar-refractivity contribution in [2.45, 2.75) is 44.1 Å². The molecule has 0 spiro atoms. The van der Waals surface area contributed by atoms with Gasteiger partial charge in [-0.3, -0.25) is 9.67 Å². The van der Waals surface area contributed by atoms with Crippen LogP contribution < -0.4 is 5.32 Å². The van der Waals surface area contributed by atoms with E-state index in [2.05, 4.69) is 65.5 Å². The van der Waals surface area contributed by atoms with Crippen molar-refractivity contribution < 1.29 is 0 Å². The Balaban J connectivity index is 1.73. The lowest BCUT2D eigenvalue weighted by molar-refractivity contribution is 0.287. The SMILES string of the molecule is CN=C(NCC1(c2cccc(Br)c2)CCCCC1)N(C)Cc1ncnn1C. The Labute approximate surface area is 170 Å². The molecule has 1 fully saturated rings. The van der Waals surface area contributed by atoms with Crippen molar-refractivity contribution >= 4 is 21.9 Å². The molecule has 146 valence electrons. The Hall–Kier alpha value is -1.89. The maximum absolute atomic E-state index is 4.49. The van der Waals surface area contributed by atoms with E-state index in [4.69, 9.17) is 0 Å². The monoisotopic (exact) mass is 432 g/mol. The van der Waals surface area contributed by atoms with E-state index in [9.17, 15) is 0 Å². The molecule has 3 rings (SSSR count). The normalized spacial score (nSPS) is 17.0. The Morgan fingerprint density at radius 1 is 1.33 bits per heavy atom. The number of hydrogen-bond acceptors (Lipinski definition) is 3. The van der Waals surface area contributed by atoms with Gasteiger partial charge in [-0.05, 0) is 30.5 Å². The van der Waals surface area contributed by atoms with Gasteiger partial charge in [0.25, 0.3) is 0 Å². The largest absolute Gasteiger partial charge is 0.355 e. The fourth-order valence-electron chi connectivity index (χ4n) is 4.00. The summed E-state index contributed by atoms with van der Waals surface area (Å²) >= 11 is 3.64. The second-order valence-electron chi connectivity index (χ2n) is 7.41. The molecule has 0 amide bonds. The number of aryl methyl sites for hydroxylation is 1. The molecule has 0 atom stereocenters. The summed E-state index contributed by atoms with van der Waals surface area (Å²) in [5.74, 6) is 1.80. The maximum atomic E-state index is 4.49. The highest BCUT2D eigenvalue weighted by Gasteiger charge is 2.34. The third kappa shape index (κ3) is 4.69. The minimum atomic E-state index is 0.156. The van der Waals surface area contributed by atoms with E-state index in [1.54, 1.807) is 11.0 Å². The highest BCUT2D eigenvalue weighted by molar-refractivity contribution is 9.10. The van der Waals surface area contributed by atoms with Gasteiger partial charge in [-0.25, -0.2) is 4.98 Å². The van der Waals surface area contributed by atoms with Crippen molar-refractivity contribution in [1.82, 2.24) is 25.0 Å². The Morgan fingerprint density at radius 2 is 2.11 bits per heavy atom. The van der Waals surface area contributed by atoms with Crippen molar-refractivity contribution in [3.63, 3.8) is 0 Å². The molecule has 7 heteroatoms. The summed E-state index contributed by atoms with van der Waals surface area (Å²) in [7, 11) is 5.79. The van der Waals surface area contributed by atoms with Gasteiger partial charge >= 0.3 is 0 Å².